The summed E-state index contributed by atoms with van der Waals surface area (Å²) in [6.07, 6.45) is 13.7. The molecular formula is C31H44N4O2. The van der Waals surface area contributed by atoms with Crippen LogP contribution in [-0.4, -0.2) is 47.4 Å². The maximum atomic E-state index is 11.6. The molecule has 2 aromatic rings. The number of anilines is 1. The van der Waals surface area contributed by atoms with E-state index in [0.717, 1.165) is 80.9 Å². The fourth-order valence-corrected chi connectivity index (χ4v) is 6.19. The number of hydrogen-bond donors (Lipinski definition) is 1. The number of nitrogens with zero attached hydrogens (tertiary/aromatic N) is 3. The van der Waals surface area contributed by atoms with Crippen LogP contribution in [0, 0.1) is 6.92 Å². The van der Waals surface area contributed by atoms with Gasteiger partial charge in [-0.2, -0.15) is 0 Å². The van der Waals surface area contributed by atoms with E-state index in [9.17, 15) is 4.79 Å². The van der Waals surface area contributed by atoms with Crippen LogP contribution in [0.2, 0.25) is 0 Å². The molecule has 1 aromatic heterocycles. The lowest BCUT2D eigenvalue weighted by atomic mass is 9.68. The Morgan fingerprint density at radius 2 is 2.03 bits per heavy atom. The number of ether oxygens (including phenoxy) is 1. The molecule has 2 heterocycles. The van der Waals surface area contributed by atoms with Gasteiger partial charge in [0.2, 0.25) is 6.41 Å². The van der Waals surface area contributed by atoms with Gasteiger partial charge >= 0.3 is 0 Å². The van der Waals surface area contributed by atoms with Crippen LogP contribution in [0.3, 0.4) is 0 Å². The van der Waals surface area contributed by atoms with Gasteiger partial charge in [-0.3, -0.25) is 9.78 Å². The molecule has 200 valence electrons. The van der Waals surface area contributed by atoms with Gasteiger partial charge in [0.15, 0.2) is 0 Å². The molecule has 0 bridgehead atoms. The third-order valence-corrected chi connectivity index (χ3v) is 8.30. The van der Waals surface area contributed by atoms with E-state index in [0.29, 0.717) is 6.54 Å². The molecule has 1 N–H and O–H groups in total. The first-order valence-corrected chi connectivity index (χ1v) is 14.2. The van der Waals surface area contributed by atoms with Crippen LogP contribution in [0.1, 0.15) is 89.3 Å². The van der Waals surface area contributed by atoms with Crippen LogP contribution in [0.15, 0.2) is 47.6 Å². The number of benzene rings is 1. The van der Waals surface area contributed by atoms with Crippen LogP contribution in [-0.2, 0) is 14.9 Å². The summed E-state index contributed by atoms with van der Waals surface area (Å²) in [7, 11) is 0. The Bertz CT molecular complexity index is 1050. The number of pyridine rings is 1. The Morgan fingerprint density at radius 3 is 2.70 bits per heavy atom. The second-order valence-electron chi connectivity index (χ2n) is 10.9. The van der Waals surface area contributed by atoms with Crippen molar-refractivity contribution in [2.75, 3.05) is 25.0 Å². The molecule has 6 nitrogen and oxygen atoms in total. The van der Waals surface area contributed by atoms with Gasteiger partial charge in [-0.25, -0.2) is 4.99 Å². The zero-order valence-corrected chi connectivity index (χ0v) is 23.0. The number of unbranched alkanes of at least 4 members (excludes halogenated alkanes) is 1. The Labute approximate surface area is 222 Å². The first-order valence-electron chi connectivity index (χ1n) is 14.2. The second-order valence-corrected chi connectivity index (χ2v) is 10.9. The molecule has 2 fully saturated rings. The van der Waals surface area contributed by atoms with Crippen molar-refractivity contribution in [1.29, 1.82) is 0 Å². The van der Waals surface area contributed by atoms with E-state index in [4.69, 9.17) is 14.7 Å². The molecule has 37 heavy (non-hydrogen) atoms. The number of amides is 1. The Kier molecular flexibility index (Phi) is 9.36. The summed E-state index contributed by atoms with van der Waals surface area (Å²) in [5, 5.41) is 3.68. The van der Waals surface area contributed by atoms with Gasteiger partial charge in [0.25, 0.3) is 0 Å². The minimum absolute atomic E-state index is 0.0371. The molecule has 1 saturated heterocycles. The van der Waals surface area contributed by atoms with E-state index in [-0.39, 0.29) is 11.0 Å². The zero-order valence-electron chi connectivity index (χ0n) is 23.0. The van der Waals surface area contributed by atoms with Crippen molar-refractivity contribution < 1.29 is 9.53 Å². The number of aliphatic imine (C=N–C) groups is 1. The highest BCUT2D eigenvalue weighted by atomic mass is 16.5. The topological polar surface area (TPSA) is 66.8 Å². The molecular weight excluding hydrogens is 460 g/mol. The average Bonchev–Trinajstić information content (AvgIpc) is 3.36. The SMILES string of the molecule is CCCCC(=Nc1ccc(NCCC2(c3ccccn3)CCOC3(CCCC3)C2)cc1C)N(C=O)CC. The van der Waals surface area contributed by atoms with Crippen molar-refractivity contribution in [3.05, 3.63) is 53.9 Å². The second kappa shape index (κ2) is 12.7. The largest absolute Gasteiger partial charge is 0.385 e. The summed E-state index contributed by atoms with van der Waals surface area (Å²) in [6.45, 7) is 8.57. The minimum atomic E-state index is 0.0371. The number of nitrogens with one attached hydrogen (secondary N) is 1. The van der Waals surface area contributed by atoms with Crippen molar-refractivity contribution >= 4 is 23.6 Å². The van der Waals surface area contributed by atoms with Gasteiger partial charge < -0.3 is 15.0 Å². The van der Waals surface area contributed by atoms with Crippen molar-refractivity contribution in [2.24, 2.45) is 4.99 Å². The number of aromatic nitrogens is 1. The normalized spacial score (nSPS) is 21.2. The zero-order chi connectivity index (χ0) is 26.1. The fourth-order valence-electron chi connectivity index (χ4n) is 6.19. The molecule has 1 unspecified atom stereocenters. The monoisotopic (exact) mass is 504 g/mol. The van der Waals surface area contributed by atoms with Crippen LogP contribution in [0.5, 0.6) is 0 Å². The molecule has 0 radical (unpaired) electrons. The van der Waals surface area contributed by atoms with Gasteiger partial charge in [0, 0.05) is 49.1 Å². The lowest BCUT2D eigenvalue weighted by Crippen LogP contribution is -2.47. The quantitative estimate of drug-likeness (QED) is 0.204. The highest BCUT2D eigenvalue weighted by Gasteiger charge is 2.48. The predicted octanol–water partition coefficient (Wildman–Crippen LogP) is 6.95. The molecule has 2 aliphatic rings. The molecule has 4 rings (SSSR count). The van der Waals surface area contributed by atoms with E-state index in [2.05, 4.69) is 49.5 Å². The number of carbonyl (C=O) groups excluding carboxylic acids is 1. The van der Waals surface area contributed by atoms with Crippen LogP contribution < -0.4 is 5.32 Å². The van der Waals surface area contributed by atoms with E-state index in [1.807, 2.05) is 19.2 Å². The molecule has 1 aliphatic carbocycles. The van der Waals surface area contributed by atoms with Gasteiger partial charge in [-0.05, 0) is 88.3 Å². The summed E-state index contributed by atoms with van der Waals surface area (Å²) >= 11 is 0. The molecule has 1 aliphatic heterocycles. The third-order valence-electron chi connectivity index (χ3n) is 8.30. The first-order chi connectivity index (χ1) is 18.0. The van der Waals surface area contributed by atoms with E-state index in [1.54, 1.807) is 4.90 Å². The van der Waals surface area contributed by atoms with Crippen molar-refractivity contribution in [3.8, 4) is 0 Å². The van der Waals surface area contributed by atoms with Gasteiger partial charge in [0.1, 0.15) is 5.84 Å². The first kappa shape index (κ1) is 27.3. The standard InChI is InChI=1S/C31H44N4O2/c1-4-6-12-29(35(5-2)24-36)34-27-14-13-26(22-25(27)3)32-20-17-30(28-11-7-10-19-33-28)18-21-37-31(23-30)15-8-9-16-31/h7,10-11,13-14,19,22,24,32H,4-6,8-9,12,15-18,20-21,23H2,1-3H3. The summed E-state index contributed by atoms with van der Waals surface area (Å²) < 4.78 is 6.40. The average molecular weight is 505 g/mol. The molecule has 1 atom stereocenters. The fraction of sp³-hybridized carbons (Fsp3) is 0.581. The van der Waals surface area contributed by atoms with Crippen LogP contribution >= 0.6 is 0 Å². The number of carbonyl (C=O) groups is 1. The summed E-state index contributed by atoms with van der Waals surface area (Å²) in [5.74, 6) is 0.848. The van der Waals surface area contributed by atoms with E-state index < -0.39 is 0 Å². The molecule has 1 amide bonds. The van der Waals surface area contributed by atoms with Gasteiger partial charge in [0.05, 0.1) is 11.3 Å². The van der Waals surface area contributed by atoms with E-state index >= 15 is 0 Å². The minimum Gasteiger partial charge on any atom is -0.385 e. The lowest BCUT2D eigenvalue weighted by molar-refractivity contribution is -0.114. The Hall–Kier alpha value is -2.73. The third kappa shape index (κ3) is 6.59. The van der Waals surface area contributed by atoms with Crippen molar-refractivity contribution in [2.45, 2.75) is 96.0 Å². The predicted molar refractivity (Wildman–Crippen MR) is 152 cm³/mol. The number of rotatable bonds is 11. The highest BCUT2D eigenvalue weighted by molar-refractivity contribution is 5.92. The number of aryl methyl sites for hydroxylation is 1. The van der Waals surface area contributed by atoms with Gasteiger partial charge in [-0.15, -0.1) is 0 Å². The van der Waals surface area contributed by atoms with E-state index in [1.165, 1.54) is 31.4 Å². The van der Waals surface area contributed by atoms with Crippen LogP contribution in [0.4, 0.5) is 11.4 Å². The smallest absolute Gasteiger partial charge is 0.215 e. The maximum absolute atomic E-state index is 11.6. The lowest BCUT2D eigenvalue weighted by Gasteiger charge is -2.46. The Balaban J connectivity index is 1.47. The Morgan fingerprint density at radius 1 is 1.19 bits per heavy atom. The molecule has 6 heteroatoms. The number of hydrogen-bond acceptors (Lipinski definition) is 5. The molecule has 1 aromatic carbocycles. The maximum Gasteiger partial charge on any atom is 0.215 e. The summed E-state index contributed by atoms with van der Waals surface area (Å²) in [4.78, 5) is 23.0. The number of amidine groups is 1. The summed E-state index contributed by atoms with van der Waals surface area (Å²) in [5.41, 5.74) is 4.43. The molecule has 1 spiro atoms. The van der Waals surface area contributed by atoms with Crippen molar-refractivity contribution in [1.82, 2.24) is 9.88 Å². The van der Waals surface area contributed by atoms with Crippen molar-refractivity contribution in [3.63, 3.8) is 0 Å². The summed E-state index contributed by atoms with van der Waals surface area (Å²) in [6, 6.07) is 12.7. The van der Waals surface area contributed by atoms with Gasteiger partial charge in [-0.1, -0.05) is 32.3 Å². The molecule has 1 saturated carbocycles. The van der Waals surface area contributed by atoms with Crippen LogP contribution in [0.25, 0.3) is 0 Å². The highest BCUT2D eigenvalue weighted by Crippen LogP contribution is 2.49.